The van der Waals surface area contributed by atoms with Crippen molar-refractivity contribution < 1.29 is 9.21 Å². The normalized spacial score (nSPS) is 22.3. The van der Waals surface area contributed by atoms with E-state index in [2.05, 4.69) is 13.8 Å². The third kappa shape index (κ3) is 2.87. The number of furan rings is 1. The SMILES string of the molecule is CC1CC(C)CN(C(=O)c2occc2-c2ccccc2)C1. The second kappa shape index (κ2) is 5.76. The monoisotopic (exact) mass is 283 g/mol. The number of carbonyl (C=O) groups is 1. The minimum Gasteiger partial charge on any atom is -0.459 e. The molecule has 3 rings (SSSR count). The van der Waals surface area contributed by atoms with Crippen molar-refractivity contribution in [3.05, 3.63) is 48.4 Å². The number of piperidine rings is 1. The van der Waals surface area contributed by atoms with Crippen LogP contribution >= 0.6 is 0 Å². The number of hydrogen-bond acceptors (Lipinski definition) is 2. The van der Waals surface area contributed by atoms with Crippen LogP contribution in [-0.2, 0) is 0 Å². The Kier molecular flexibility index (Phi) is 3.82. The molecule has 2 unspecified atom stereocenters. The second-order valence-corrected chi connectivity index (χ2v) is 6.19. The third-order valence-corrected chi connectivity index (χ3v) is 4.10. The molecule has 2 aromatic rings. The molecule has 0 N–H and O–H groups in total. The van der Waals surface area contributed by atoms with Crippen molar-refractivity contribution in [2.45, 2.75) is 20.3 Å². The number of carbonyl (C=O) groups excluding carboxylic acids is 1. The summed E-state index contributed by atoms with van der Waals surface area (Å²) in [5.41, 5.74) is 1.90. The van der Waals surface area contributed by atoms with E-state index in [0.717, 1.165) is 24.2 Å². The summed E-state index contributed by atoms with van der Waals surface area (Å²) >= 11 is 0. The zero-order chi connectivity index (χ0) is 14.8. The van der Waals surface area contributed by atoms with E-state index in [1.807, 2.05) is 41.3 Å². The molecule has 1 aliphatic rings. The first-order valence-electron chi connectivity index (χ1n) is 7.57. The molecule has 1 aliphatic heterocycles. The fourth-order valence-corrected chi connectivity index (χ4v) is 3.29. The average molecular weight is 283 g/mol. The molecule has 0 saturated carbocycles. The van der Waals surface area contributed by atoms with Crippen molar-refractivity contribution in [2.24, 2.45) is 11.8 Å². The van der Waals surface area contributed by atoms with Crippen LogP contribution in [0.3, 0.4) is 0 Å². The van der Waals surface area contributed by atoms with Gasteiger partial charge in [0.25, 0.3) is 5.91 Å². The lowest BCUT2D eigenvalue weighted by Crippen LogP contribution is -2.42. The first-order valence-corrected chi connectivity index (χ1v) is 7.57. The summed E-state index contributed by atoms with van der Waals surface area (Å²) in [6, 6.07) is 11.8. The maximum absolute atomic E-state index is 12.8. The van der Waals surface area contributed by atoms with Gasteiger partial charge in [-0.15, -0.1) is 0 Å². The predicted molar refractivity (Wildman–Crippen MR) is 83.0 cm³/mol. The lowest BCUT2D eigenvalue weighted by Gasteiger charge is -2.34. The Bertz CT molecular complexity index is 607. The maximum Gasteiger partial charge on any atom is 0.290 e. The Morgan fingerprint density at radius 1 is 1.10 bits per heavy atom. The molecule has 0 spiro atoms. The Labute approximate surface area is 125 Å². The van der Waals surface area contributed by atoms with Crippen LogP contribution in [-0.4, -0.2) is 23.9 Å². The minimum absolute atomic E-state index is 0.0113. The molecule has 2 heterocycles. The first kappa shape index (κ1) is 13.9. The van der Waals surface area contributed by atoms with Crippen LogP contribution in [0, 0.1) is 11.8 Å². The summed E-state index contributed by atoms with van der Waals surface area (Å²) in [6.45, 7) is 6.04. The summed E-state index contributed by atoms with van der Waals surface area (Å²) in [7, 11) is 0. The highest BCUT2D eigenvalue weighted by Gasteiger charge is 2.29. The molecule has 1 saturated heterocycles. The Hall–Kier alpha value is -2.03. The molecule has 2 atom stereocenters. The molecule has 3 nitrogen and oxygen atoms in total. The molecule has 1 aromatic carbocycles. The number of benzene rings is 1. The van der Waals surface area contributed by atoms with E-state index in [1.165, 1.54) is 6.42 Å². The fourth-order valence-electron chi connectivity index (χ4n) is 3.29. The van der Waals surface area contributed by atoms with Crippen LogP contribution in [0.1, 0.15) is 30.8 Å². The van der Waals surface area contributed by atoms with Crippen molar-refractivity contribution in [1.82, 2.24) is 4.90 Å². The fraction of sp³-hybridized carbons (Fsp3) is 0.389. The molecular weight excluding hydrogens is 262 g/mol. The average Bonchev–Trinajstić information content (AvgIpc) is 2.95. The molecule has 1 amide bonds. The number of nitrogens with zero attached hydrogens (tertiary/aromatic N) is 1. The zero-order valence-electron chi connectivity index (χ0n) is 12.6. The van der Waals surface area contributed by atoms with Gasteiger partial charge < -0.3 is 9.32 Å². The number of likely N-dealkylation sites (tertiary alicyclic amines) is 1. The topological polar surface area (TPSA) is 33.5 Å². The van der Waals surface area contributed by atoms with Gasteiger partial charge in [0.05, 0.1) is 6.26 Å². The number of hydrogen-bond donors (Lipinski definition) is 0. The van der Waals surface area contributed by atoms with E-state index >= 15 is 0 Å². The molecule has 0 aliphatic carbocycles. The van der Waals surface area contributed by atoms with E-state index in [9.17, 15) is 4.79 Å². The van der Waals surface area contributed by atoms with Crippen LogP contribution in [0.2, 0.25) is 0 Å². The lowest BCUT2D eigenvalue weighted by molar-refractivity contribution is 0.0592. The van der Waals surface area contributed by atoms with Gasteiger partial charge in [-0.3, -0.25) is 4.79 Å². The van der Waals surface area contributed by atoms with Crippen molar-refractivity contribution >= 4 is 5.91 Å². The van der Waals surface area contributed by atoms with Gasteiger partial charge in [0.15, 0.2) is 5.76 Å². The van der Waals surface area contributed by atoms with Gasteiger partial charge in [-0.25, -0.2) is 0 Å². The quantitative estimate of drug-likeness (QED) is 0.832. The van der Waals surface area contributed by atoms with E-state index in [-0.39, 0.29) is 5.91 Å². The Morgan fingerprint density at radius 3 is 2.43 bits per heavy atom. The maximum atomic E-state index is 12.8. The summed E-state index contributed by atoms with van der Waals surface area (Å²) in [4.78, 5) is 14.7. The van der Waals surface area contributed by atoms with E-state index in [1.54, 1.807) is 6.26 Å². The van der Waals surface area contributed by atoms with E-state index < -0.39 is 0 Å². The third-order valence-electron chi connectivity index (χ3n) is 4.10. The lowest BCUT2D eigenvalue weighted by atomic mass is 9.91. The molecule has 0 radical (unpaired) electrons. The molecule has 3 heteroatoms. The van der Waals surface area contributed by atoms with Gasteiger partial charge in [-0.2, -0.15) is 0 Å². The predicted octanol–water partition coefficient (Wildman–Crippen LogP) is 4.06. The van der Waals surface area contributed by atoms with Crippen molar-refractivity contribution in [3.63, 3.8) is 0 Å². The smallest absolute Gasteiger partial charge is 0.290 e. The van der Waals surface area contributed by atoms with Crippen LogP contribution in [0.4, 0.5) is 0 Å². The summed E-state index contributed by atoms with van der Waals surface area (Å²) in [6.07, 6.45) is 2.79. The summed E-state index contributed by atoms with van der Waals surface area (Å²) in [5.74, 6) is 1.57. The summed E-state index contributed by atoms with van der Waals surface area (Å²) < 4.78 is 5.51. The summed E-state index contributed by atoms with van der Waals surface area (Å²) in [5, 5.41) is 0. The Balaban J connectivity index is 1.88. The number of amides is 1. The van der Waals surface area contributed by atoms with E-state index in [0.29, 0.717) is 17.6 Å². The van der Waals surface area contributed by atoms with Gasteiger partial charge in [-0.1, -0.05) is 44.2 Å². The van der Waals surface area contributed by atoms with Crippen LogP contribution < -0.4 is 0 Å². The van der Waals surface area contributed by atoms with Crippen molar-refractivity contribution in [3.8, 4) is 11.1 Å². The molecule has 1 fully saturated rings. The van der Waals surface area contributed by atoms with Gasteiger partial charge >= 0.3 is 0 Å². The highest BCUT2D eigenvalue weighted by Crippen LogP contribution is 2.28. The van der Waals surface area contributed by atoms with Crippen LogP contribution in [0.25, 0.3) is 11.1 Å². The Morgan fingerprint density at radius 2 is 1.76 bits per heavy atom. The van der Waals surface area contributed by atoms with Gasteiger partial charge in [0, 0.05) is 18.7 Å². The van der Waals surface area contributed by atoms with Crippen molar-refractivity contribution in [2.75, 3.05) is 13.1 Å². The first-order chi connectivity index (χ1) is 10.1. The standard InChI is InChI=1S/C18H21NO2/c1-13-10-14(2)12-19(11-13)18(20)17-16(8-9-21-17)15-6-4-3-5-7-15/h3-9,13-14H,10-12H2,1-2H3. The molecule has 21 heavy (non-hydrogen) atoms. The van der Waals surface area contributed by atoms with Crippen molar-refractivity contribution in [1.29, 1.82) is 0 Å². The largest absolute Gasteiger partial charge is 0.459 e. The van der Waals surface area contributed by atoms with Gasteiger partial charge in [0.1, 0.15) is 0 Å². The molecule has 110 valence electrons. The van der Waals surface area contributed by atoms with Gasteiger partial charge in [0.2, 0.25) is 0 Å². The molecule has 1 aromatic heterocycles. The van der Waals surface area contributed by atoms with E-state index in [4.69, 9.17) is 4.42 Å². The highest BCUT2D eigenvalue weighted by molar-refractivity contribution is 5.98. The zero-order valence-corrected chi connectivity index (χ0v) is 12.6. The highest BCUT2D eigenvalue weighted by atomic mass is 16.3. The minimum atomic E-state index is 0.0113. The molecular formula is C18H21NO2. The second-order valence-electron chi connectivity index (χ2n) is 6.19. The van der Waals surface area contributed by atoms with Crippen LogP contribution in [0.15, 0.2) is 47.1 Å². The molecule has 0 bridgehead atoms. The van der Waals surface area contributed by atoms with Gasteiger partial charge in [-0.05, 0) is 29.9 Å². The van der Waals surface area contributed by atoms with Crippen LogP contribution in [0.5, 0.6) is 0 Å². The number of rotatable bonds is 2.